The maximum Gasteiger partial charge on any atom is 0.252 e. The zero-order chi connectivity index (χ0) is 18.2. The van der Waals surface area contributed by atoms with Gasteiger partial charge in [0.05, 0.1) is 17.1 Å². The molecular weight excluding hydrogens is 463 g/mol. The van der Waals surface area contributed by atoms with Gasteiger partial charge in [-0.15, -0.1) is 24.0 Å². The summed E-state index contributed by atoms with van der Waals surface area (Å²) >= 11 is 6.05. The van der Waals surface area contributed by atoms with Crippen molar-refractivity contribution in [3.63, 3.8) is 0 Å². The zero-order valence-electron chi connectivity index (χ0n) is 15.8. The maximum absolute atomic E-state index is 12.2. The van der Waals surface area contributed by atoms with Gasteiger partial charge in [0.2, 0.25) is 0 Å². The number of amides is 1. The van der Waals surface area contributed by atoms with Gasteiger partial charge < -0.3 is 15.5 Å². The molecule has 0 bridgehead atoms. The molecule has 1 aliphatic rings. The predicted molar refractivity (Wildman–Crippen MR) is 120 cm³/mol. The molecule has 1 saturated heterocycles. The van der Waals surface area contributed by atoms with Gasteiger partial charge in [0.1, 0.15) is 0 Å². The molecule has 0 saturated carbocycles. The number of piperidine rings is 1. The molecule has 1 aliphatic heterocycles. The van der Waals surface area contributed by atoms with E-state index >= 15 is 0 Å². The van der Waals surface area contributed by atoms with E-state index in [1.165, 1.54) is 6.42 Å². The van der Waals surface area contributed by atoms with Gasteiger partial charge in [-0.2, -0.15) is 0 Å². The van der Waals surface area contributed by atoms with Crippen LogP contribution in [0.5, 0.6) is 0 Å². The summed E-state index contributed by atoms with van der Waals surface area (Å²) < 4.78 is 0. The second kappa shape index (κ2) is 11.6. The lowest BCUT2D eigenvalue weighted by Crippen LogP contribution is -2.48. The molecule has 1 aromatic rings. The highest BCUT2D eigenvalue weighted by Gasteiger charge is 2.23. The minimum absolute atomic E-state index is 0. The van der Waals surface area contributed by atoms with Crippen molar-refractivity contribution in [3.8, 4) is 0 Å². The molecule has 1 heterocycles. The van der Waals surface area contributed by atoms with Gasteiger partial charge in [-0.05, 0) is 37.3 Å². The number of aliphatic imine (C=N–C) groups is 1. The molecule has 26 heavy (non-hydrogen) atoms. The molecular formula is C19H30ClIN4O. The van der Waals surface area contributed by atoms with E-state index in [0.717, 1.165) is 25.6 Å². The van der Waals surface area contributed by atoms with E-state index in [1.54, 1.807) is 18.2 Å². The minimum atomic E-state index is -0.161. The van der Waals surface area contributed by atoms with Gasteiger partial charge >= 0.3 is 0 Å². The Balaban J connectivity index is 0.00000338. The quantitative estimate of drug-likeness (QED) is 0.286. The van der Waals surface area contributed by atoms with Crippen LogP contribution in [0.3, 0.4) is 0 Å². The standard InChI is InChI=1S/C19H29ClN4O.HI/c1-4-21-19(24-12-14(2)11-15(3)13-24)23-10-9-22-18(25)16-7-5-6-8-17(16)20;/h5-8,14-15H,4,9-13H2,1-3H3,(H,21,23)(H,22,25);1H. The third-order valence-electron chi connectivity index (χ3n) is 4.28. The number of nitrogens with one attached hydrogen (secondary N) is 2. The largest absolute Gasteiger partial charge is 0.357 e. The second-order valence-corrected chi connectivity index (χ2v) is 7.23. The van der Waals surface area contributed by atoms with E-state index in [4.69, 9.17) is 11.6 Å². The fraction of sp³-hybridized carbons (Fsp3) is 0.579. The number of nitrogens with zero attached hydrogens (tertiary/aromatic N) is 2. The summed E-state index contributed by atoms with van der Waals surface area (Å²) in [4.78, 5) is 19.2. The number of hydrogen-bond acceptors (Lipinski definition) is 2. The van der Waals surface area contributed by atoms with Crippen LogP contribution in [0.25, 0.3) is 0 Å². The van der Waals surface area contributed by atoms with Crippen LogP contribution in [0, 0.1) is 11.8 Å². The molecule has 1 fully saturated rings. The number of benzene rings is 1. The van der Waals surface area contributed by atoms with Crippen LogP contribution in [0.15, 0.2) is 29.3 Å². The van der Waals surface area contributed by atoms with Crippen LogP contribution < -0.4 is 10.6 Å². The average Bonchev–Trinajstić information content (AvgIpc) is 2.57. The fourth-order valence-electron chi connectivity index (χ4n) is 3.33. The number of halogens is 2. The van der Waals surface area contributed by atoms with Crippen LogP contribution >= 0.6 is 35.6 Å². The van der Waals surface area contributed by atoms with Crippen molar-refractivity contribution in [2.75, 3.05) is 32.7 Å². The van der Waals surface area contributed by atoms with Crippen molar-refractivity contribution in [2.45, 2.75) is 27.2 Å². The van der Waals surface area contributed by atoms with Gasteiger partial charge in [-0.1, -0.05) is 37.6 Å². The van der Waals surface area contributed by atoms with Crippen molar-refractivity contribution >= 4 is 47.4 Å². The molecule has 2 rings (SSSR count). The predicted octanol–water partition coefficient (Wildman–Crippen LogP) is 3.63. The molecule has 0 radical (unpaired) electrons. The van der Waals surface area contributed by atoms with Crippen molar-refractivity contribution in [2.24, 2.45) is 16.8 Å². The van der Waals surface area contributed by atoms with Crippen LogP contribution in [0.1, 0.15) is 37.6 Å². The number of carbonyl (C=O) groups excluding carboxylic acids is 1. The summed E-state index contributed by atoms with van der Waals surface area (Å²) in [7, 11) is 0. The summed E-state index contributed by atoms with van der Waals surface area (Å²) in [5.74, 6) is 2.12. The van der Waals surface area contributed by atoms with E-state index in [-0.39, 0.29) is 29.9 Å². The summed E-state index contributed by atoms with van der Waals surface area (Å²) in [6, 6.07) is 7.06. The SMILES string of the molecule is CCNC(=NCCNC(=O)c1ccccc1Cl)N1CC(C)CC(C)C1.I. The summed E-state index contributed by atoms with van der Waals surface area (Å²) in [5.41, 5.74) is 0.499. The molecule has 5 nitrogen and oxygen atoms in total. The molecule has 146 valence electrons. The first-order valence-electron chi connectivity index (χ1n) is 9.07. The van der Waals surface area contributed by atoms with Gasteiger partial charge in [-0.3, -0.25) is 9.79 Å². The number of carbonyl (C=O) groups is 1. The maximum atomic E-state index is 12.2. The molecule has 0 aliphatic carbocycles. The van der Waals surface area contributed by atoms with Gasteiger partial charge in [-0.25, -0.2) is 0 Å². The Hall–Kier alpha value is -1.02. The van der Waals surface area contributed by atoms with Crippen molar-refractivity contribution in [3.05, 3.63) is 34.9 Å². The first-order chi connectivity index (χ1) is 12.0. The summed E-state index contributed by atoms with van der Waals surface area (Å²) in [6.45, 7) is 10.6. The number of likely N-dealkylation sites (tertiary alicyclic amines) is 1. The van der Waals surface area contributed by atoms with Crippen LogP contribution in [-0.4, -0.2) is 49.5 Å². The van der Waals surface area contributed by atoms with Crippen molar-refractivity contribution in [1.29, 1.82) is 0 Å². The molecule has 0 aromatic heterocycles. The lowest BCUT2D eigenvalue weighted by atomic mass is 9.92. The monoisotopic (exact) mass is 492 g/mol. The van der Waals surface area contributed by atoms with E-state index in [1.807, 2.05) is 6.07 Å². The molecule has 2 N–H and O–H groups in total. The Morgan fingerprint density at radius 3 is 2.50 bits per heavy atom. The lowest BCUT2D eigenvalue weighted by Gasteiger charge is -2.37. The Bertz CT molecular complexity index is 601. The number of guanidine groups is 1. The number of hydrogen-bond donors (Lipinski definition) is 2. The molecule has 2 atom stereocenters. The Morgan fingerprint density at radius 2 is 1.88 bits per heavy atom. The van der Waals surface area contributed by atoms with Gasteiger partial charge in [0.25, 0.3) is 5.91 Å². The van der Waals surface area contributed by atoms with Crippen LogP contribution in [-0.2, 0) is 0 Å². The minimum Gasteiger partial charge on any atom is -0.357 e. The Labute approximate surface area is 179 Å². The van der Waals surface area contributed by atoms with Crippen LogP contribution in [0.2, 0.25) is 5.02 Å². The fourth-order valence-corrected chi connectivity index (χ4v) is 3.56. The highest BCUT2D eigenvalue weighted by atomic mass is 127. The molecule has 0 spiro atoms. The Kier molecular flexibility index (Phi) is 10.3. The average molecular weight is 493 g/mol. The first-order valence-corrected chi connectivity index (χ1v) is 9.45. The highest BCUT2D eigenvalue weighted by molar-refractivity contribution is 14.0. The van der Waals surface area contributed by atoms with Gasteiger partial charge in [0, 0.05) is 26.2 Å². The lowest BCUT2D eigenvalue weighted by molar-refractivity contribution is 0.0955. The third-order valence-corrected chi connectivity index (χ3v) is 4.61. The van der Waals surface area contributed by atoms with E-state index in [2.05, 4.69) is 41.3 Å². The topological polar surface area (TPSA) is 56.7 Å². The molecule has 7 heteroatoms. The van der Waals surface area contributed by atoms with E-state index < -0.39 is 0 Å². The van der Waals surface area contributed by atoms with E-state index in [9.17, 15) is 4.79 Å². The van der Waals surface area contributed by atoms with E-state index in [0.29, 0.717) is 35.5 Å². The van der Waals surface area contributed by atoms with Crippen molar-refractivity contribution < 1.29 is 4.79 Å². The first kappa shape index (κ1) is 23.0. The van der Waals surface area contributed by atoms with Crippen LogP contribution in [0.4, 0.5) is 0 Å². The molecule has 1 amide bonds. The van der Waals surface area contributed by atoms with Gasteiger partial charge in [0.15, 0.2) is 5.96 Å². The highest BCUT2D eigenvalue weighted by Crippen LogP contribution is 2.20. The third kappa shape index (κ3) is 6.95. The smallest absolute Gasteiger partial charge is 0.252 e. The van der Waals surface area contributed by atoms with Crippen molar-refractivity contribution in [1.82, 2.24) is 15.5 Å². The normalized spacial score (nSPS) is 20.3. The summed E-state index contributed by atoms with van der Waals surface area (Å²) in [5, 5.41) is 6.71. The number of rotatable bonds is 5. The Morgan fingerprint density at radius 1 is 1.23 bits per heavy atom. The zero-order valence-corrected chi connectivity index (χ0v) is 18.9. The summed E-state index contributed by atoms with van der Waals surface area (Å²) in [6.07, 6.45) is 1.27. The molecule has 1 aromatic carbocycles. The molecule has 2 unspecified atom stereocenters. The second-order valence-electron chi connectivity index (χ2n) is 6.82.